The van der Waals surface area contributed by atoms with Gasteiger partial charge in [-0.1, -0.05) is 23.7 Å². The number of aromatic hydroxyl groups is 2. The standard InChI is InChI=1S/C14H13ClO2/c1-9-6-13(16)8-11(14(9)17)7-10-2-4-12(15)5-3-10/h2-6,8,16-17H,7H2,1H3. The van der Waals surface area contributed by atoms with E-state index in [0.29, 0.717) is 22.6 Å². The summed E-state index contributed by atoms with van der Waals surface area (Å²) >= 11 is 5.81. The Morgan fingerprint density at radius 3 is 2.35 bits per heavy atom. The molecule has 0 saturated heterocycles. The summed E-state index contributed by atoms with van der Waals surface area (Å²) in [5, 5.41) is 20.1. The molecule has 2 aromatic carbocycles. The van der Waals surface area contributed by atoms with Gasteiger partial charge in [-0.05, 0) is 42.3 Å². The number of hydrogen-bond acceptors (Lipinski definition) is 2. The lowest BCUT2D eigenvalue weighted by Gasteiger charge is -2.08. The van der Waals surface area contributed by atoms with E-state index < -0.39 is 0 Å². The van der Waals surface area contributed by atoms with Gasteiger partial charge in [0, 0.05) is 17.0 Å². The van der Waals surface area contributed by atoms with Crippen molar-refractivity contribution in [2.45, 2.75) is 13.3 Å². The van der Waals surface area contributed by atoms with Crippen LogP contribution >= 0.6 is 11.6 Å². The van der Waals surface area contributed by atoms with Crippen molar-refractivity contribution >= 4 is 11.6 Å². The minimum atomic E-state index is 0.171. The highest BCUT2D eigenvalue weighted by Gasteiger charge is 2.07. The molecule has 0 aliphatic carbocycles. The molecule has 0 unspecified atom stereocenters. The Balaban J connectivity index is 2.32. The molecule has 0 amide bonds. The Kier molecular flexibility index (Phi) is 3.25. The van der Waals surface area contributed by atoms with E-state index in [4.69, 9.17) is 11.6 Å². The lowest BCUT2D eigenvalue weighted by Crippen LogP contribution is -1.90. The van der Waals surface area contributed by atoms with Gasteiger partial charge in [0.05, 0.1) is 0 Å². The fraction of sp³-hybridized carbons (Fsp3) is 0.143. The number of rotatable bonds is 2. The van der Waals surface area contributed by atoms with Gasteiger partial charge in [0.15, 0.2) is 0 Å². The average molecular weight is 249 g/mol. The molecule has 2 nitrogen and oxygen atoms in total. The highest BCUT2D eigenvalue weighted by Crippen LogP contribution is 2.29. The molecule has 2 rings (SSSR count). The van der Waals surface area contributed by atoms with Crippen molar-refractivity contribution in [1.29, 1.82) is 0 Å². The van der Waals surface area contributed by atoms with Crippen molar-refractivity contribution < 1.29 is 10.2 Å². The molecule has 0 atom stereocenters. The van der Waals surface area contributed by atoms with E-state index in [1.165, 1.54) is 0 Å². The molecule has 2 aromatic rings. The second kappa shape index (κ2) is 4.68. The molecule has 0 saturated carbocycles. The van der Waals surface area contributed by atoms with E-state index in [-0.39, 0.29) is 11.5 Å². The van der Waals surface area contributed by atoms with Crippen LogP contribution in [0.4, 0.5) is 0 Å². The minimum absolute atomic E-state index is 0.171. The first kappa shape index (κ1) is 11.8. The summed E-state index contributed by atoms with van der Waals surface area (Å²) in [7, 11) is 0. The Morgan fingerprint density at radius 2 is 1.71 bits per heavy atom. The minimum Gasteiger partial charge on any atom is -0.508 e. The summed E-state index contributed by atoms with van der Waals surface area (Å²) in [6, 6.07) is 10.5. The Morgan fingerprint density at radius 1 is 1.06 bits per heavy atom. The second-order valence-corrected chi connectivity index (χ2v) is 4.51. The topological polar surface area (TPSA) is 40.5 Å². The molecule has 0 heterocycles. The summed E-state index contributed by atoms with van der Waals surface area (Å²) in [5.74, 6) is 0.405. The first-order chi connectivity index (χ1) is 8.06. The first-order valence-electron chi connectivity index (χ1n) is 5.32. The van der Waals surface area contributed by atoms with E-state index >= 15 is 0 Å². The van der Waals surface area contributed by atoms with E-state index in [2.05, 4.69) is 0 Å². The molecule has 0 radical (unpaired) electrons. The smallest absolute Gasteiger partial charge is 0.122 e. The van der Waals surface area contributed by atoms with Gasteiger partial charge in [-0.15, -0.1) is 0 Å². The summed E-state index contributed by atoms with van der Waals surface area (Å²) in [4.78, 5) is 0. The maximum absolute atomic E-state index is 9.90. The first-order valence-corrected chi connectivity index (χ1v) is 5.70. The summed E-state index contributed by atoms with van der Waals surface area (Å²) in [5.41, 5.74) is 2.42. The van der Waals surface area contributed by atoms with E-state index in [9.17, 15) is 10.2 Å². The molecule has 0 aromatic heterocycles. The van der Waals surface area contributed by atoms with Gasteiger partial charge in [-0.2, -0.15) is 0 Å². The normalized spacial score (nSPS) is 10.5. The van der Waals surface area contributed by atoms with Crippen LogP contribution < -0.4 is 0 Å². The summed E-state index contributed by atoms with van der Waals surface area (Å²) in [6.45, 7) is 1.76. The predicted octanol–water partition coefficient (Wildman–Crippen LogP) is 3.65. The van der Waals surface area contributed by atoms with Gasteiger partial charge in [-0.25, -0.2) is 0 Å². The average Bonchev–Trinajstić information content (AvgIpc) is 2.28. The van der Waals surface area contributed by atoms with Gasteiger partial charge < -0.3 is 10.2 Å². The zero-order chi connectivity index (χ0) is 12.4. The van der Waals surface area contributed by atoms with Crippen molar-refractivity contribution in [3.05, 3.63) is 58.1 Å². The van der Waals surface area contributed by atoms with E-state index in [1.54, 1.807) is 19.1 Å². The van der Waals surface area contributed by atoms with Gasteiger partial charge in [0.2, 0.25) is 0 Å². The number of benzene rings is 2. The van der Waals surface area contributed by atoms with Crippen molar-refractivity contribution in [3.8, 4) is 11.5 Å². The van der Waals surface area contributed by atoms with Crippen molar-refractivity contribution in [2.24, 2.45) is 0 Å². The van der Waals surface area contributed by atoms with Crippen LogP contribution in [-0.2, 0) is 6.42 Å². The van der Waals surface area contributed by atoms with Crippen LogP contribution in [0.3, 0.4) is 0 Å². The quantitative estimate of drug-likeness (QED) is 0.797. The lowest BCUT2D eigenvalue weighted by molar-refractivity contribution is 0.451. The predicted molar refractivity (Wildman–Crippen MR) is 68.8 cm³/mol. The SMILES string of the molecule is Cc1cc(O)cc(Cc2ccc(Cl)cc2)c1O. The Bertz CT molecular complexity index is 533. The van der Waals surface area contributed by atoms with Gasteiger partial charge >= 0.3 is 0 Å². The zero-order valence-electron chi connectivity index (χ0n) is 9.44. The number of hydrogen-bond donors (Lipinski definition) is 2. The number of aryl methyl sites for hydroxylation is 1. The van der Waals surface area contributed by atoms with E-state index in [1.807, 2.05) is 24.3 Å². The molecule has 0 spiro atoms. The third-order valence-corrected chi connectivity index (χ3v) is 2.92. The lowest BCUT2D eigenvalue weighted by atomic mass is 10.0. The molecule has 0 aliphatic rings. The van der Waals surface area contributed by atoms with Crippen LogP contribution in [0.15, 0.2) is 36.4 Å². The molecule has 0 fully saturated rings. The highest BCUT2D eigenvalue weighted by molar-refractivity contribution is 6.30. The third kappa shape index (κ3) is 2.71. The van der Waals surface area contributed by atoms with Crippen LogP contribution in [0.5, 0.6) is 11.5 Å². The van der Waals surface area contributed by atoms with Crippen LogP contribution in [0.25, 0.3) is 0 Å². The number of phenolic OH excluding ortho intramolecular Hbond substituents is 2. The van der Waals surface area contributed by atoms with Crippen LogP contribution in [0.1, 0.15) is 16.7 Å². The van der Waals surface area contributed by atoms with Gasteiger partial charge in [0.1, 0.15) is 11.5 Å². The monoisotopic (exact) mass is 248 g/mol. The molecule has 3 heteroatoms. The molecular formula is C14H13ClO2. The molecule has 0 aliphatic heterocycles. The van der Waals surface area contributed by atoms with Gasteiger partial charge in [-0.3, -0.25) is 0 Å². The van der Waals surface area contributed by atoms with Crippen molar-refractivity contribution in [2.75, 3.05) is 0 Å². The van der Waals surface area contributed by atoms with Gasteiger partial charge in [0.25, 0.3) is 0 Å². The summed E-state index contributed by atoms with van der Waals surface area (Å²) in [6.07, 6.45) is 0.568. The van der Waals surface area contributed by atoms with Crippen LogP contribution in [-0.4, -0.2) is 10.2 Å². The summed E-state index contributed by atoms with van der Waals surface area (Å²) < 4.78 is 0. The fourth-order valence-electron chi connectivity index (χ4n) is 1.79. The maximum Gasteiger partial charge on any atom is 0.122 e. The number of halogens is 1. The molecule has 17 heavy (non-hydrogen) atoms. The molecular weight excluding hydrogens is 236 g/mol. The molecule has 2 N–H and O–H groups in total. The maximum atomic E-state index is 9.90. The van der Waals surface area contributed by atoms with Crippen LogP contribution in [0.2, 0.25) is 5.02 Å². The third-order valence-electron chi connectivity index (χ3n) is 2.67. The van der Waals surface area contributed by atoms with Crippen molar-refractivity contribution in [1.82, 2.24) is 0 Å². The fourth-order valence-corrected chi connectivity index (χ4v) is 1.91. The molecule has 0 bridgehead atoms. The zero-order valence-corrected chi connectivity index (χ0v) is 10.2. The number of phenols is 2. The molecule has 88 valence electrons. The highest BCUT2D eigenvalue weighted by atomic mass is 35.5. The van der Waals surface area contributed by atoms with E-state index in [0.717, 1.165) is 5.56 Å². The Labute approximate surface area is 105 Å². The van der Waals surface area contributed by atoms with Crippen LogP contribution in [0, 0.1) is 6.92 Å². The second-order valence-electron chi connectivity index (χ2n) is 4.07. The Hall–Kier alpha value is -1.67. The largest absolute Gasteiger partial charge is 0.508 e. The van der Waals surface area contributed by atoms with Crippen molar-refractivity contribution in [3.63, 3.8) is 0 Å².